The lowest BCUT2D eigenvalue weighted by Gasteiger charge is -2.33. The van der Waals surface area contributed by atoms with Crippen LogP contribution in [-0.4, -0.2) is 31.7 Å². The monoisotopic (exact) mass is 359 g/mol. The zero-order valence-electron chi connectivity index (χ0n) is 15.7. The smallest absolute Gasteiger partial charge is 0.126 e. The van der Waals surface area contributed by atoms with Crippen molar-refractivity contribution < 1.29 is 9.47 Å². The third kappa shape index (κ3) is 4.21. The van der Waals surface area contributed by atoms with Crippen molar-refractivity contribution in [2.24, 2.45) is 0 Å². The molecule has 0 N–H and O–H groups in total. The largest absolute Gasteiger partial charge is 0.496 e. The van der Waals surface area contributed by atoms with Gasteiger partial charge in [-0.1, -0.05) is 66.7 Å². The van der Waals surface area contributed by atoms with E-state index in [1.165, 1.54) is 11.1 Å². The van der Waals surface area contributed by atoms with Gasteiger partial charge in [-0.05, 0) is 28.8 Å². The molecule has 1 saturated heterocycles. The van der Waals surface area contributed by atoms with Gasteiger partial charge in [-0.3, -0.25) is 4.90 Å². The van der Waals surface area contributed by atoms with Crippen LogP contribution >= 0.6 is 0 Å². The maximum atomic E-state index is 6.11. The number of para-hydroxylation sites is 1. The molecule has 1 unspecified atom stereocenters. The molecule has 138 valence electrons. The summed E-state index contributed by atoms with van der Waals surface area (Å²) in [7, 11) is 1.72. The zero-order chi connectivity index (χ0) is 18.5. The predicted octanol–water partition coefficient (Wildman–Crippen LogP) is 4.94. The average Bonchev–Trinajstić information content (AvgIpc) is 2.75. The van der Waals surface area contributed by atoms with Crippen LogP contribution in [0, 0.1) is 0 Å². The van der Waals surface area contributed by atoms with Crippen molar-refractivity contribution in [1.29, 1.82) is 0 Å². The van der Waals surface area contributed by atoms with Gasteiger partial charge in [0.1, 0.15) is 5.75 Å². The SMILES string of the molecule is COc1ccccc1-c1cccc(C2CN(Cc3ccccc3)CCO2)c1. The van der Waals surface area contributed by atoms with Gasteiger partial charge >= 0.3 is 0 Å². The van der Waals surface area contributed by atoms with Crippen LogP contribution in [0.25, 0.3) is 11.1 Å². The molecular weight excluding hydrogens is 334 g/mol. The summed E-state index contributed by atoms with van der Waals surface area (Å²) in [6, 6.07) is 27.4. The molecule has 1 atom stereocenters. The van der Waals surface area contributed by atoms with Crippen LogP contribution in [0.1, 0.15) is 17.2 Å². The van der Waals surface area contributed by atoms with E-state index in [1.54, 1.807) is 7.11 Å². The molecule has 0 aliphatic carbocycles. The normalized spacial score (nSPS) is 17.6. The third-order valence-electron chi connectivity index (χ3n) is 5.08. The van der Waals surface area contributed by atoms with Gasteiger partial charge in [-0.2, -0.15) is 0 Å². The highest BCUT2D eigenvalue weighted by molar-refractivity contribution is 5.71. The fraction of sp³-hybridized carbons (Fsp3) is 0.250. The van der Waals surface area contributed by atoms with Crippen molar-refractivity contribution in [3.63, 3.8) is 0 Å². The van der Waals surface area contributed by atoms with E-state index in [9.17, 15) is 0 Å². The first-order valence-corrected chi connectivity index (χ1v) is 9.45. The summed E-state index contributed by atoms with van der Waals surface area (Å²) >= 11 is 0. The van der Waals surface area contributed by atoms with Crippen LogP contribution in [0.4, 0.5) is 0 Å². The molecule has 1 aliphatic heterocycles. The molecule has 1 aliphatic rings. The van der Waals surface area contributed by atoms with Crippen molar-refractivity contribution in [3.8, 4) is 16.9 Å². The first-order valence-electron chi connectivity index (χ1n) is 9.45. The second kappa shape index (κ2) is 8.38. The molecule has 4 rings (SSSR count). The Morgan fingerprint density at radius 2 is 1.78 bits per heavy atom. The maximum absolute atomic E-state index is 6.11. The zero-order valence-corrected chi connectivity index (χ0v) is 15.7. The van der Waals surface area contributed by atoms with Gasteiger partial charge in [0.05, 0.1) is 19.8 Å². The molecule has 0 aromatic heterocycles. The van der Waals surface area contributed by atoms with E-state index in [2.05, 4.69) is 65.6 Å². The van der Waals surface area contributed by atoms with Gasteiger partial charge < -0.3 is 9.47 Å². The second-order valence-corrected chi connectivity index (χ2v) is 6.91. The average molecular weight is 359 g/mol. The second-order valence-electron chi connectivity index (χ2n) is 6.91. The van der Waals surface area contributed by atoms with Crippen molar-refractivity contribution in [2.45, 2.75) is 12.6 Å². The number of hydrogen-bond acceptors (Lipinski definition) is 3. The van der Waals surface area contributed by atoms with Gasteiger partial charge in [-0.15, -0.1) is 0 Å². The van der Waals surface area contributed by atoms with Crippen LogP contribution in [0.2, 0.25) is 0 Å². The Hall–Kier alpha value is -2.62. The summed E-state index contributed by atoms with van der Waals surface area (Å²) in [5.41, 5.74) is 4.84. The number of benzene rings is 3. The summed E-state index contributed by atoms with van der Waals surface area (Å²) in [4.78, 5) is 2.47. The lowest BCUT2D eigenvalue weighted by molar-refractivity contribution is -0.0329. The Labute approximate surface area is 161 Å². The third-order valence-corrected chi connectivity index (χ3v) is 5.08. The Balaban J connectivity index is 1.53. The number of rotatable bonds is 5. The Morgan fingerprint density at radius 1 is 0.963 bits per heavy atom. The molecule has 0 bridgehead atoms. The quantitative estimate of drug-likeness (QED) is 0.644. The summed E-state index contributed by atoms with van der Waals surface area (Å²) in [6.45, 7) is 3.60. The minimum atomic E-state index is 0.0946. The first-order chi connectivity index (χ1) is 13.3. The summed E-state index contributed by atoms with van der Waals surface area (Å²) < 4.78 is 11.6. The fourth-order valence-electron chi connectivity index (χ4n) is 3.68. The van der Waals surface area contributed by atoms with Gasteiger partial charge in [0, 0.05) is 25.2 Å². The number of morpholine rings is 1. The van der Waals surface area contributed by atoms with Gasteiger partial charge in [0.25, 0.3) is 0 Å². The number of methoxy groups -OCH3 is 1. The lowest BCUT2D eigenvalue weighted by Crippen LogP contribution is -2.37. The van der Waals surface area contributed by atoms with E-state index >= 15 is 0 Å². The summed E-state index contributed by atoms with van der Waals surface area (Å²) in [6.07, 6.45) is 0.0946. The highest BCUT2D eigenvalue weighted by atomic mass is 16.5. The molecule has 0 saturated carbocycles. The van der Waals surface area contributed by atoms with Crippen molar-refractivity contribution in [3.05, 3.63) is 90.0 Å². The maximum Gasteiger partial charge on any atom is 0.126 e. The highest BCUT2D eigenvalue weighted by Gasteiger charge is 2.22. The van der Waals surface area contributed by atoms with E-state index in [-0.39, 0.29) is 6.10 Å². The van der Waals surface area contributed by atoms with Crippen LogP contribution in [0.3, 0.4) is 0 Å². The van der Waals surface area contributed by atoms with E-state index in [1.807, 2.05) is 18.2 Å². The van der Waals surface area contributed by atoms with Crippen LogP contribution < -0.4 is 4.74 Å². The van der Waals surface area contributed by atoms with Gasteiger partial charge in [0.2, 0.25) is 0 Å². The van der Waals surface area contributed by atoms with Gasteiger partial charge in [0.15, 0.2) is 0 Å². The molecule has 3 heteroatoms. The number of hydrogen-bond donors (Lipinski definition) is 0. The molecule has 27 heavy (non-hydrogen) atoms. The molecule has 3 aromatic rings. The van der Waals surface area contributed by atoms with E-state index in [4.69, 9.17) is 9.47 Å². The fourth-order valence-corrected chi connectivity index (χ4v) is 3.68. The minimum Gasteiger partial charge on any atom is -0.496 e. The predicted molar refractivity (Wildman–Crippen MR) is 109 cm³/mol. The van der Waals surface area contributed by atoms with E-state index in [0.717, 1.165) is 43.1 Å². The standard InChI is InChI=1S/C24H25NO2/c1-26-23-13-6-5-12-22(23)20-10-7-11-21(16-20)24-18-25(14-15-27-24)17-19-8-3-2-4-9-19/h2-13,16,24H,14-15,17-18H2,1H3. The van der Waals surface area contributed by atoms with Crippen molar-refractivity contribution in [2.75, 3.05) is 26.8 Å². The number of nitrogens with zero attached hydrogens (tertiary/aromatic N) is 1. The molecule has 3 aromatic carbocycles. The molecular formula is C24H25NO2. The minimum absolute atomic E-state index is 0.0946. The Bertz CT molecular complexity index is 878. The highest BCUT2D eigenvalue weighted by Crippen LogP contribution is 2.32. The van der Waals surface area contributed by atoms with Crippen molar-refractivity contribution >= 4 is 0 Å². The van der Waals surface area contributed by atoms with Crippen molar-refractivity contribution in [1.82, 2.24) is 4.90 Å². The molecule has 1 heterocycles. The van der Waals surface area contributed by atoms with E-state index < -0.39 is 0 Å². The first kappa shape index (κ1) is 17.8. The Morgan fingerprint density at radius 3 is 2.63 bits per heavy atom. The Kier molecular flexibility index (Phi) is 5.52. The van der Waals surface area contributed by atoms with E-state index in [0.29, 0.717) is 0 Å². The lowest BCUT2D eigenvalue weighted by atomic mass is 9.99. The van der Waals surface area contributed by atoms with Crippen LogP contribution in [0.5, 0.6) is 5.75 Å². The summed E-state index contributed by atoms with van der Waals surface area (Å²) in [5, 5.41) is 0. The van der Waals surface area contributed by atoms with Crippen LogP contribution in [0.15, 0.2) is 78.9 Å². The topological polar surface area (TPSA) is 21.7 Å². The van der Waals surface area contributed by atoms with Gasteiger partial charge in [-0.25, -0.2) is 0 Å². The summed E-state index contributed by atoms with van der Waals surface area (Å²) in [5.74, 6) is 0.893. The molecule has 0 amide bonds. The molecule has 3 nitrogen and oxygen atoms in total. The number of ether oxygens (including phenoxy) is 2. The molecule has 0 spiro atoms. The molecule has 0 radical (unpaired) electrons. The molecule has 1 fully saturated rings. The van der Waals surface area contributed by atoms with Crippen LogP contribution in [-0.2, 0) is 11.3 Å².